The van der Waals surface area contributed by atoms with E-state index >= 15 is 0 Å². The van der Waals surface area contributed by atoms with Gasteiger partial charge in [-0.2, -0.15) is 0 Å². The van der Waals surface area contributed by atoms with E-state index in [9.17, 15) is 4.79 Å². The lowest BCUT2D eigenvalue weighted by atomic mass is 10.1. The molecule has 1 aromatic carbocycles. The lowest BCUT2D eigenvalue weighted by Gasteiger charge is -2.11. The molecule has 0 fully saturated rings. The second kappa shape index (κ2) is 5.91. The summed E-state index contributed by atoms with van der Waals surface area (Å²) in [4.78, 5) is 18.7. The highest BCUT2D eigenvalue weighted by Crippen LogP contribution is 2.37. The Kier molecular flexibility index (Phi) is 4.05. The number of rotatable bonds is 2. The van der Waals surface area contributed by atoms with Gasteiger partial charge in [0.15, 0.2) is 0 Å². The van der Waals surface area contributed by atoms with Crippen molar-refractivity contribution in [1.29, 1.82) is 0 Å². The smallest absolute Gasteiger partial charge is 0.267 e. The first-order chi connectivity index (χ1) is 11.3. The first-order valence-electron chi connectivity index (χ1n) is 7.84. The zero-order valence-corrected chi connectivity index (χ0v) is 15.4. The minimum Gasteiger partial charge on any atom is -0.397 e. The molecule has 4 nitrogen and oxygen atoms in total. The Morgan fingerprint density at radius 1 is 1.08 bits per heavy atom. The second-order valence-electron chi connectivity index (χ2n) is 6.19. The first kappa shape index (κ1) is 16.5. The number of carbonyl (C=O) groups is 1. The van der Waals surface area contributed by atoms with E-state index in [4.69, 9.17) is 5.73 Å². The summed E-state index contributed by atoms with van der Waals surface area (Å²) in [6, 6.07) is 5.94. The Morgan fingerprint density at radius 3 is 2.33 bits per heavy atom. The van der Waals surface area contributed by atoms with Gasteiger partial charge in [0, 0.05) is 16.8 Å². The number of carbonyl (C=O) groups excluding carboxylic acids is 1. The summed E-state index contributed by atoms with van der Waals surface area (Å²) in [6.45, 7) is 10.0. The van der Waals surface area contributed by atoms with Crippen LogP contribution in [0.15, 0.2) is 18.2 Å². The molecule has 2 aromatic heterocycles. The fraction of sp³-hybridized carbons (Fsp3) is 0.263. The van der Waals surface area contributed by atoms with Crippen molar-refractivity contribution in [3.05, 3.63) is 51.0 Å². The Morgan fingerprint density at radius 2 is 1.71 bits per heavy atom. The number of nitrogens with zero attached hydrogens (tertiary/aromatic N) is 1. The summed E-state index contributed by atoms with van der Waals surface area (Å²) in [7, 11) is 0. The number of aryl methyl sites for hydroxylation is 4. The fourth-order valence-corrected chi connectivity index (χ4v) is 4.01. The van der Waals surface area contributed by atoms with Gasteiger partial charge in [0.1, 0.15) is 9.71 Å². The molecule has 3 aromatic rings. The number of hydrogen-bond acceptors (Lipinski definition) is 4. The normalized spacial score (nSPS) is 11.0. The fourth-order valence-electron chi connectivity index (χ4n) is 2.92. The van der Waals surface area contributed by atoms with E-state index < -0.39 is 0 Å². The van der Waals surface area contributed by atoms with E-state index in [1.807, 2.05) is 52.8 Å². The average Bonchev–Trinajstić information content (AvgIpc) is 2.85. The third-order valence-electron chi connectivity index (χ3n) is 4.60. The third-order valence-corrected chi connectivity index (χ3v) is 5.70. The molecule has 0 aliphatic carbocycles. The molecule has 2 heterocycles. The molecule has 3 N–H and O–H groups in total. The van der Waals surface area contributed by atoms with Gasteiger partial charge in [-0.25, -0.2) is 4.98 Å². The number of anilines is 2. The molecule has 3 rings (SSSR count). The molecule has 0 aliphatic heterocycles. The molecular weight excluding hydrogens is 318 g/mol. The van der Waals surface area contributed by atoms with Crippen LogP contribution in [-0.2, 0) is 0 Å². The summed E-state index contributed by atoms with van der Waals surface area (Å²) in [6.07, 6.45) is 0. The van der Waals surface area contributed by atoms with Gasteiger partial charge >= 0.3 is 0 Å². The van der Waals surface area contributed by atoms with Crippen LogP contribution < -0.4 is 11.1 Å². The van der Waals surface area contributed by atoms with E-state index in [0.717, 1.165) is 43.9 Å². The molecule has 5 heteroatoms. The van der Waals surface area contributed by atoms with Crippen LogP contribution in [0, 0.1) is 34.6 Å². The number of nitrogens with two attached hydrogens (primary N) is 1. The van der Waals surface area contributed by atoms with Crippen LogP contribution in [0.2, 0.25) is 0 Å². The van der Waals surface area contributed by atoms with Crippen molar-refractivity contribution >= 4 is 38.8 Å². The lowest BCUT2D eigenvalue weighted by molar-refractivity contribution is 0.103. The summed E-state index contributed by atoms with van der Waals surface area (Å²) < 4.78 is 0. The standard InChI is InChI=1S/C19H21N3OS/c1-9-7-6-8-10(2)16(9)22-18(23)17-15(20)14-12(4)11(3)13(5)21-19(14)24-17/h6-8H,20H2,1-5H3,(H,22,23). The van der Waals surface area contributed by atoms with Crippen molar-refractivity contribution in [2.45, 2.75) is 34.6 Å². The van der Waals surface area contributed by atoms with E-state index in [0.29, 0.717) is 10.6 Å². The summed E-state index contributed by atoms with van der Waals surface area (Å²) in [5.74, 6) is -0.178. The topological polar surface area (TPSA) is 68.0 Å². The molecule has 0 aliphatic rings. The highest BCUT2D eigenvalue weighted by Gasteiger charge is 2.21. The highest BCUT2D eigenvalue weighted by atomic mass is 32.1. The SMILES string of the molecule is Cc1cccc(C)c1NC(=O)c1sc2nc(C)c(C)c(C)c2c1N. The maximum absolute atomic E-state index is 12.8. The number of hydrogen-bond donors (Lipinski definition) is 2. The van der Waals surface area contributed by atoms with Crippen molar-refractivity contribution < 1.29 is 4.79 Å². The highest BCUT2D eigenvalue weighted by molar-refractivity contribution is 7.21. The number of amides is 1. The molecule has 0 saturated heterocycles. The van der Waals surface area contributed by atoms with Gasteiger partial charge in [0.2, 0.25) is 0 Å². The first-order valence-corrected chi connectivity index (χ1v) is 8.66. The van der Waals surface area contributed by atoms with Crippen molar-refractivity contribution in [1.82, 2.24) is 4.98 Å². The van der Waals surface area contributed by atoms with E-state index in [1.54, 1.807) is 0 Å². The van der Waals surface area contributed by atoms with Crippen LogP contribution in [-0.4, -0.2) is 10.9 Å². The largest absolute Gasteiger partial charge is 0.397 e. The van der Waals surface area contributed by atoms with Crippen molar-refractivity contribution in [2.75, 3.05) is 11.1 Å². The number of nitrogen functional groups attached to an aromatic ring is 1. The summed E-state index contributed by atoms with van der Waals surface area (Å²) >= 11 is 1.35. The van der Waals surface area contributed by atoms with Gasteiger partial charge in [0.25, 0.3) is 5.91 Å². The quantitative estimate of drug-likeness (QED) is 0.713. The number of pyridine rings is 1. The van der Waals surface area contributed by atoms with Crippen molar-refractivity contribution in [2.24, 2.45) is 0 Å². The number of fused-ring (bicyclic) bond motifs is 1. The van der Waals surface area contributed by atoms with Crippen LogP contribution >= 0.6 is 11.3 Å². The van der Waals surface area contributed by atoms with Gasteiger partial charge in [-0.05, 0) is 56.9 Å². The molecule has 1 amide bonds. The maximum atomic E-state index is 12.8. The number of nitrogens with one attached hydrogen (secondary N) is 1. The molecule has 0 unspecified atom stereocenters. The van der Waals surface area contributed by atoms with Crippen LogP contribution in [0.3, 0.4) is 0 Å². The van der Waals surface area contributed by atoms with Crippen molar-refractivity contribution in [3.8, 4) is 0 Å². The number of benzene rings is 1. The predicted molar refractivity (Wildman–Crippen MR) is 102 cm³/mol. The monoisotopic (exact) mass is 339 g/mol. The van der Waals surface area contributed by atoms with Gasteiger partial charge in [-0.15, -0.1) is 11.3 Å². The van der Waals surface area contributed by atoms with E-state index in [1.165, 1.54) is 11.3 Å². The summed E-state index contributed by atoms with van der Waals surface area (Å²) in [5.41, 5.74) is 12.9. The van der Waals surface area contributed by atoms with Crippen LogP contribution in [0.1, 0.15) is 37.6 Å². The van der Waals surface area contributed by atoms with Gasteiger partial charge in [-0.3, -0.25) is 4.79 Å². The Labute approximate surface area is 145 Å². The van der Waals surface area contributed by atoms with Crippen LogP contribution in [0.5, 0.6) is 0 Å². The van der Waals surface area contributed by atoms with Crippen LogP contribution in [0.4, 0.5) is 11.4 Å². The van der Waals surface area contributed by atoms with Gasteiger partial charge in [-0.1, -0.05) is 18.2 Å². The molecule has 0 atom stereocenters. The van der Waals surface area contributed by atoms with E-state index in [2.05, 4.69) is 10.3 Å². The van der Waals surface area contributed by atoms with E-state index in [-0.39, 0.29) is 5.91 Å². The molecule has 124 valence electrons. The lowest BCUT2D eigenvalue weighted by Crippen LogP contribution is -2.13. The predicted octanol–water partition coefficient (Wildman–Crippen LogP) is 4.67. The Hall–Kier alpha value is -2.40. The molecular formula is C19H21N3OS. The van der Waals surface area contributed by atoms with Crippen LogP contribution in [0.25, 0.3) is 10.2 Å². The molecule has 0 bridgehead atoms. The maximum Gasteiger partial charge on any atom is 0.267 e. The second-order valence-corrected chi connectivity index (χ2v) is 7.19. The van der Waals surface area contributed by atoms with Crippen molar-refractivity contribution in [3.63, 3.8) is 0 Å². The Bertz CT molecular complexity index is 952. The number of para-hydroxylation sites is 1. The minimum atomic E-state index is -0.178. The molecule has 0 saturated carbocycles. The zero-order valence-electron chi connectivity index (χ0n) is 14.6. The molecule has 0 spiro atoms. The molecule has 24 heavy (non-hydrogen) atoms. The number of aromatic nitrogens is 1. The third kappa shape index (κ3) is 2.55. The Balaban J connectivity index is 2.08. The summed E-state index contributed by atoms with van der Waals surface area (Å²) in [5, 5.41) is 3.91. The van der Waals surface area contributed by atoms with Gasteiger partial charge < -0.3 is 11.1 Å². The minimum absolute atomic E-state index is 0.178. The number of thiophene rings is 1. The zero-order chi connectivity index (χ0) is 17.6. The molecule has 0 radical (unpaired) electrons. The average molecular weight is 339 g/mol. The van der Waals surface area contributed by atoms with Gasteiger partial charge in [0.05, 0.1) is 5.69 Å².